The normalized spacial score (nSPS) is 12.3. The van der Waals surface area contributed by atoms with Crippen LogP contribution in [0.2, 0.25) is 0 Å². The lowest BCUT2D eigenvalue weighted by atomic mass is 10.1. The Morgan fingerprint density at radius 1 is 1.33 bits per heavy atom. The number of fused-ring (bicyclic) bond motifs is 1. The van der Waals surface area contributed by atoms with Crippen LogP contribution in [0.3, 0.4) is 0 Å². The Bertz CT molecular complexity index is 680. The molecule has 0 amide bonds. The number of hydrogen-bond acceptors (Lipinski definition) is 1. The molecule has 0 aliphatic rings. The standard InChI is InChI=1S/C13H13NO/c1-4-10-12-7-8(2)5-6-11(12)9(3)14-13(10)15/h4-7H,3H2,1-2H3,(H,14,15)/b10-4-. The smallest absolute Gasteiger partial charge is 0.255 e. The summed E-state index contributed by atoms with van der Waals surface area (Å²) in [7, 11) is 0. The van der Waals surface area contributed by atoms with Crippen LogP contribution in [0.1, 0.15) is 12.5 Å². The van der Waals surface area contributed by atoms with E-state index in [1.54, 1.807) is 0 Å². The summed E-state index contributed by atoms with van der Waals surface area (Å²) in [6, 6.07) is 6.04. The maximum atomic E-state index is 11.7. The Kier molecular flexibility index (Phi) is 2.19. The van der Waals surface area contributed by atoms with Crippen molar-refractivity contribution in [1.29, 1.82) is 0 Å². The number of aromatic nitrogens is 1. The van der Waals surface area contributed by atoms with E-state index in [0.29, 0.717) is 5.35 Å². The van der Waals surface area contributed by atoms with Gasteiger partial charge in [-0.15, -0.1) is 0 Å². The topological polar surface area (TPSA) is 32.9 Å². The average Bonchev–Trinajstić information content (AvgIpc) is 2.17. The van der Waals surface area contributed by atoms with Crippen molar-refractivity contribution in [3.63, 3.8) is 0 Å². The van der Waals surface area contributed by atoms with Crippen LogP contribution in [0.4, 0.5) is 0 Å². The van der Waals surface area contributed by atoms with Crippen LogP contribution in [0.25, 0.3) is 23.4 Å². The lowest BCUT2D eigenvalue weighted by Crippen LogP contribution is -2.33. The molecule has 0 saturated carbocycles. The summed E-state index contributed by atoms with van der Waals surface area (Å²) in [5.41, 5.74) is 1.08. The summed E-state index contributed by atoms with van der Waals surface area (Å²) in [5.74, 6) is 0. The van der Waals surface area contributed by atoms with Crippen LogP contribution in [-0.4, -0.2) is 4.98 Å². The van der Waals surface area contributed by atoms with Crippen LogP contribution in [0.15, 0.2) is 23.0 Å². The molecule has 1 N–H and O–H groups in total. The van der Waals surface area contributed by atoms with Gasteiger partial charge in [-0.05, 0) is 19.2 Å². The second-order valence-corrected chi connectivity index (χ2v) is 3.68. The van der Waals surface area contributed by atoms with E-state index in [2.05, 4.69) is 11.6 Å². The number of aromatic amines is 1. The summed E-state index contributed by atoms with van der Waals surface area (Å²) in [6.45, 7) is 7.73. The molecule has 0 bridgehead atoms. The third-order valence-corrected chi connectivity index (χ3v) is 2.59. The molecule has 2 rings (SSSR count). The van der Waals surface area contributed by atoms with Gasteiger partial charge in [-0.25, -0.2) is 0 Å². The van der Waals surface area contributed by atoms with E-state index in [9.17, 15) is 4.79 Å². The molecule has 2 nitrogen and oxygen atoms in total. The molecule has 0 fully saturated rings. The summed E-state index contributed by atoms with van der Waals surface area (Å²) in [6.07, 6.45) is 1.83. The minimum absolute atomic E-state index is 0.0689. The van der Waals surface area contributed by atoms with Gasteiger partial charge in [0.05, 0.1) is 0 Å². The predicted octanol–water partition coefficient (Wildman–Crippen LogP) is 1.05. The molecule has 1 heterocycles. The Morgan fingerprint density at radius 2 is 2.07 bits per heavy atom. The summed E-state index contributed by atoms with van der Waals surface area (Å²) in [4.78, 5) is 14.4. The molecule has 0 aliphatic carbocycles. The highest BCUT2D eigenvalue weighted by Crippen LogP contribution is 2.06. The van der Waals surface area contributed by atoms with Gasteiger partial charge in [-0.2, -0.15) is 0 Å². The van der Waals surface area contributed by atoms with Gasteiger partial charge in [0.25, 0.3) is 5.56 Å². The van der Waals surface area contributed by atoms with E-state index in [1.165, 1.54) is 0 Å². The number of pyridine rings is 1. The monoisotopic (exact) mass is 199 g/mol. The third kappa shape index (κ3) is 1.48. The van der Waals surface area contributed by atoms with Crippen LogP contribution >= 0.6 is 0 Å². The van der Waals surface area contributed by atoms with Crippen LogP contribution in [-0.2, 0) is 0 Å². The quantitative estimate of drug-likeness (QED) is 0.676. The molecule has 0 unspecified atom stereocenters. The van der Waals surface area contributed by atoms with Crippen molar-refractivity contribution in [1.82, 2.24) is 4.98 Å². The molecule has 15 heavy (non-hydrogen) atoms. The SMILES string of the molecule is C=c1[nH]c(=O)/c(=C\C)c2cc(C)ccc12. The Hall–Kier alpha value is -1.83. The third-order valence-electron chi connectivity index (χ3n) is 2.59. The van der Waals surface area contributed by atoms with Gasteiger partial charge in [0.2, 0.25) is 0 Å². The Labute approximate surface area is 87.6 Å². The molecule has 0 radical (unpaired) electrons. The molecule has 2 aromatic rings. The predicted molar refractivity (Wildman–Crippen MR) is 64.2 cm³/mol. The van der Waals surface area contributed by atoms with E-state index < -0.39 is 0 Å². The Balaban J connectivity index is 3.20. The van der Waals surface area contributed by atoms with Gasteiger partial charge in [-0.1, -0.05) is 36.4 Å². The minimum atomic E-state index is -0.0689. The fourth-order valence-electron chi connectivity index (χ4n) is 1.82. The molecule has 76 valence electrons. The van der Waals surface area contributed by atoms with Gasteiger partial charge in [0.15, 0.2) is 0 Å². The molecular weight excluding hydrogens is 186 g/mol. The minimum Gasteiger partial charge on any atom is -0.322 e. The lowest BCUT2D eigenvalue weighted by molar-refractivity contribution is 1.19. The first-order chi connectivity index (χ1) is 7.13. The van der Waals surface area contributed by atoms with E-state index in [4.69, 9.17) is 0 Å². The number of nitrogens with one attached hydrogen (secondary N) is 1. The fourth-order valence-corrected chi connectivity index (χ4v) is 1.82. The number of rotatable bonds is 0. The zero-order chi connectivity index (χ0) is 11.0. The Morgan fingerprint density at radius 3 is 2.73 bits per heavy atom. The molecular formula is C13H13NO. The highest BCUT2D eigenvalue weighted by atomic mass is 16.1. The fraction of sp³-hybridized carbons (Fsp3) is 0.154. The van der Waals surface area contributed by atoms with Crippen LogP contribution in [0, 0.1) is 6.92 Å². The van der Waals surface area contributed by atoms with Crippen molar-refractivity contribution in [3.8, 4) is 0 Å². The highest BCUT2D eigenvalue weighted by molar-refractivity contribution is 5.83. The molecule has 2 heteroatoms. The maximum absolute atomic E-state index is 11.7. The van der Waals surface area contributed by atoms with Crippen LogP contribution < -0.4 is 16.1 Å². The molecule has 1 aromatic carbocycles. The molecule has 0 spiro atoms. The van der Waals surface area contributed by atoms with E-state index in [0.717, 1.165) is 21.6 Å². The summed E-state index contributed by atoms with van der Waals surface area (Å²) in [5, 5.41) is 3.39. The zero-order valence-electron chi connectivity index (χ0n) is 8.92. The van der Waals surface area contributed by atoms with E-state index in [-0.39, 0.29) is 5.56 Å². The molecule has 0 saturated heterocycles. The van der Waals surface area contributed by atoms with Crippen molar-refractivity contribution < 1.29 is 0 Å². The first-order valence-electron chi connectivity index (χ1n) is 4.91. The van der Waals surface area contributed by atoms with Crippen molar-refractivity contribution in [3.05, 3.63) is 44.7 Å². The van der Waals surface area contributed by atoms with Crippen molar-refractivity contribution in [2.24, 2.45) is 0 Å². The molecule has 0 aliphatic heterocycles. The second kappa shape index (κ2) is 3.39. The van der Waals surface area contributed by atoms with Gasteiger partial charge in [-0.3, -0.25) is 4.79 Å². The second-order valence-electron chi connectivity index (χ2n) is 3.68. The average molecular weight is 199 g/mol. The van der Waals surface area contributed by atoms with Crippen molar-refractivity contribution >= 4 is 23.4 Å². The van der Waals surface area contributed by atoms with Gasteiger partial charge in [0.1, 0.15) is 0 Å². The van der Waals surface area contributed by atoms with Crippen molar-refractivity contribution in [2.75, 3.05) is 0 Å². The van der Waals surface area contributed by atoms with Gasteiger partial charge >= 0.3 is 0 Å². The number of benzene rings is 1. The van der Waals surface area contributed by atoms with Crippen LogP contribution in [0.5, 0.6) is 0 Å². The first-order valence-corrected chi connectivity index (χ1v) is 4.91. The highest BCUT2D eigenvalue weighted by Gasteiger charge is 1.99. The number of hydrogen-bond donors (Lipinski definition) is 1. The first kappa shape index (κ1) is 9.71. The number of H-pyrrole nitrogens is 1. The maximum Gasteiger partial charge on any atom is 0.255 e. The molecule has 0 atom stereocenters. The van der Waals surface area contributed by atoms with E-state index in [1.807, 2.05) is 38.1 Å². The van der Waals surface area contributed by atoms with E-state index >= 15 is 0 Å². The zero-order valence-corrected chi connectivity index (χ0v) is 8.92. The lowest BCUT2D eigenvalue weighted by Gasteiger charge is -2.00. The van der Waals surface area contributed by atoms with Crippen molar-refractivity contribution in [2.45, 2.75) is 13.8 Å². The largest absolute Gasteiger partial charge is 0.322 e. The van der Waals surface area contributed by atoms with Gasteiger partial charge < -0.3 is 4.98 Å². The molecule has 1 aromatic heterocycles. The number of aryl methyl sites for hydroxylation is 1. The summed E-state index contributed by atoms with van der Waals surface area (Å²) < 4.78 is 0. The summed E-state index contributed by atoms with van der Waals surface area (Å²) >= 11 is 0. The van der Waals surface area contributed by atoms with Gasteiger partial charge in [0, 0.05) is 16.0 Å².